The highest BCUT2D eigenvalue weighted by Gasteiger charge is 2.37. The van der Waals surface area contributed by atoms with E-state index in [9.17, 15) is 13.5 Å². The van der Waals surface area contributed by atoms with Crippen LogP contribution in [0.15, 0.2) is 52.0 Å². The fraction of sp³-hybridized carbons (Fsp3) is 0.250. The minimum Gasteiger partial charge on any atom is -0.394 e. The molecular weight excluding hydrogens is 330 g/mol. The summed E-state index contributed by atoms with van der Waals surface area (Å²) in [6, 6.07) is 11.7. The fourth-order valence-electron chi connectivity index (χ4n) is 3.22. The Hall–Kier alpha value is -2.29. The molecule has 24 heavy (non-hydrogen) atoms. The average Bonchev–Trinajstić information content (AvgIpc) is 3.09. The summed E-state index contributed by atoms with van der Waals surface area (Å²) < 4.78 is 32.4. The first-order chi connectivity index (χ1) is 11.6. The van der Waals surface area contributed by atoms with Crippen molar-refractivity contribution in [3.63, 3.8) is 0 Å². The molecule has 4 rings (SSSR count). The van der Waals surface area contributed by atoms with Gasteiger partial charge in [-0.3, -0.25) is 0 Å². The molecule has 1 unspecified atom stereocenters. The summed E-state index contributed by atoms with van der Waals surface area (Å²) in [5.41, 5.74) is 2.48. The van der Waals surface area contributed by atoms with E-state index in [0.29, 0.717) is 18.5 Å². The molecule has 1 aliphatic rings. The molecule has 0 spiro atoms. The zero-order valence-corrected chi connectivity index (χ0v) is 13.5. The van der Waals surface area contributed by atoms with E-state index in [-0.39, 0.29) is 17.0 Å². The summed E-state index contributed by atoms with van der Waals surface area (Å²) in [6.45, 7) is 0.00945. The minimum absolute atomic E-state index is 0.0408. The van der Waals surface area contributed by atoms with Gasteiger partial charge in [-0.1, -0.05) is 30.3 Å². The Morgan fingerprint density at radius 3 is 2.83 bits per heavy atom. The molecule has 3 aromatic rings. The molecule has 0 saturated carbocycles. The lowest BCUT2D eigenvalue weighted by Crippen LogP contribution is -2.41. The summed E-state index contributed by atoms with van der Waals surface area (Å²) >= 11 is 0. The predicted octanol–water partition coefficient (Wildman–Crippen LogP) is 1.50. The third-order valence-electron chi connectivity index (χ3n) is 4.37. The lowest BCUT2D eigenvalue weighted by molar-refractivity contribution is 0.180. The van der Waals surface area contributed by atoms with Gasteiger partial charge in [0.25, 0.3) is 0 Å². The molecule has 124 valence electrons. The molecule has 8 heteroatoms. The summed E-state index contributed by atoms with van der Waals surface area (Å²) in [4.78, 5) is 0.0408. The van der Waals surface area contributed by atoms with E-state index in [1.165, 1.54) is 10.4 Å². The van der Waals surface area contributed by atoms with Crippen molar-refractivity contribution in [3.8, 4) is 0 Å². The number of hydrogen-bond acceptors (Lipinski definition) is 6. The van der Waals surface area contributed by atoms with E-state index in [0.717, 1.165) is 11.1 Å². The highest BCUT2D eigenvalue weighted by Crippen LogP contribution is 2.35. The van der Waals surface area contributed by atoms with Gasteiger partial charge >= 0.3 is 0 Å². The van der Waals surface area contributed by atoms with Gasteiger partial charge in [0.1, 0.15) is 10.4 Å². The standard InChI is InChI=1S/C16H15N3O4S/c20-10-14-12-5-2-1-4-11(12)8-9-19(14)24(21,22)15-7-3-6-13-16(15)18-23-17-13/h1-7,14,20H,8-10H2. The molecule has 0 bridgehead atoms. The number of sulfonamides is 1. The van der Waals surface area contributed by atoms with Crippen molar-refractivity contribution in [2.24, 2.45) is 0 Å². The van der Waals surface area contributed by atoms with E-state index in [2.05, 4.69) is 14.9 Å². The molecule has 1 aromatic heterocycles. The normalized spacial score (nSPS) is 18.6. The van der Waals surface area contributed by atoms with E-state index in [1.54, 1.807) is 12.1 Å². The molecule has 0 amide bonds. The lowest BCUT2D eigenvalue weighted by atomic mass is 9.95. The van der Waals surface area contributed by atoms with E-state index >= 15 is 0 Å². The summed E-state index contributed by atoms with van der Waals surface area (Å²) in [5.74, 6) is 0. The molecule has 1 N–H and O–H groups in total. The number of rotatable bonds is 3. The molecule has 1 aliphatic heterocycles. The van der Waals surface area contributed by atoms with Crippen LogP contribution in [-0.2, 0) is 16.4 Å². The van der Waals surface area contributed by atoms with Crippen LogP contribution in [0.1, 0.15) is 17.2 Å². The van der Waals surface area contributed by atoms with Crippen LogP contribution in [0.25, 0.3) is 11.0 Å². The van der Waals surface area contributed by atoms with Crippen molar-refractivity contribution < 1.29 is 18.2 Å². The van der Waals surface area contributed by atoms with Gasteiger partial charge in [0, 0.05) is 6.54 Å². The topological polar surface area (TPSA) is 96.5 Å². The number of nitrogens with zero attached hydrogens (tertiary/aromatic N) is 3. The highest BCUT2D eigenvalue weighted by molar-refractivity contribution is 7.89. The first-order valence-corrected chi connectivity index (χ1v) is 8.98. The molecule has 1 atom stereocenters. The zero-order chi connectivity index (χ0) is 16.7. The summed E-state index contributed by atoms with van der Waals surface area (Å²) in [5, 5.41) is 17.3. The molecule has 0 fully saturated rings. The second kappa shape index (κ2) is 5.66. The van der Waals surface area contributed by atoms with Crippen LogP contribution in [0.2, 0.25) is 0 Å². The lowest BCUT2D eigenvalue weighted by Gasteiger charge is -2.35. The van der Waals surface area contributed by atoms with Gasteiger partial charge in [-0.25, -0.2) is 13.0 Å². The van der Waals surface area contributed by atoms with Crippen LogP contribution >= 0.6 is 0 Å². The Bertz CT molecular complexity index is 999. The molecule has 7 nitrogen and oxygen atoms in total. The maximum Gasteiger partial charge on any atom is 0.246 e. The number of aromatic nitrogens is 2. The van der Waals surface area contributed by atoms with E-state index in [1.807, 2.05) is 24.3 Å². The van der Waals surface area contributed by atoms with Gasteiger partial charge in [0.05, 0.1) is 12.6 Å². The second-order valence-electron chi connectivity index (χ2n) is 5.65. The highest BCUT2D eigenvalue weighted by atomic mass is 32.2. The second-order valence-corrected chi connectivity index (χ2v) is 7.51. The Morgan fingerprint density at radius 1 is 1.17 bits per heavy atom. The van der Waals surface area contributed by atoms with Crippen LogP contribution in [0, 0.1) is 0 Å². The molecule has 0 radical (unpaired) electrons. The maximum absolute atomic E-state index is 13.2. The number of fused-ring (bicyclic) bond motifs is 2. The van der Waals surface area contributed by atoms with Crippen LogP contribution in [-0.4, -0.2) is 41.3 Å². The van der Waals surface area contributed by atoms with Crippen molar-refractivity contribution in [2.75, 3.05) is 13.2 Å². The third kappa shape index (κ3) is 2.22. The fourth-order valence-corrected chi connectivity index (χ4v) is 4.96. The average molecular weight is 345 g/mol. The SMILES string of the molecule is O=S(=O)(c1cccc2nonc12)N1CCc2ccccc2C1CO. The Balaban J connectivity index is 1.84. The third-order valence-corrected chi connectivity index (χ3v) is 6.31. The molecule has 2 aromatic carbocycles. The van der Waals surface area contributed by atoms with Crippen molar-refractivity contribution in [2.45, 2.75) is 17.4 Å². The van der Waals surface area contributed by atoms with Crippen LogP contribution in [0.4, 0.5) is 0 Å². The van der Waals surface area contributed by atoms with E-state index in [4.69, 9.17) is 0 Å². The number of aliphatic hydroxyl groups is 1. The molecular formula is C16H15N3O4S. The number of hydrogen-bond donors (Lipinski definition) is 1. The van der Waals surface area contributed by atoms with Gasteiger partial charge in [-0.15, -0.1) is 0 Å². The summed E-state index contributed by atoms with van der Waals surface area (Å²) in [6.07, 6.45) is 0.596. The molecule has 2 heterocycles. The maximum atomic E-state index is 13.2. The largest absolute Gasteiger partial charge is 0.394 e. The summed E-state index contributed by atoms with van der Waals surface area (Å²) in [7, 11) is -3.85. The van der Waals surface area contributed by atoms with Crippen LogP contribution < -0.4 is 0 Å². The number of benzene rings is 2. The Kier molecular flexibility index (Phi) is 3.60. The smallest absolute Gasteiger partial charge is 0.246 e. The molecule has 0 aliphatic carbocycles. The van der Waals surface area contributed by atoms with Gasteiger partial charge in [-0.05, 0) is 40.0 Å². The van der Waals surface area contributed by atoms with Crippen LogP contribution in [0.5, 0.6) is 0 Å². The zero-order valence-electron chi connectivity index (χ0n) is 12.7. The van der Waals surface area contributed by atoms with Crippen molar-refractivity contribution >= 4 is 21.1 Å². The number of aliphatic hydroxyl groups excluding tert-OH is 1. The first kappa shape index (κ1) is 15.3. The monoisotopic (exact) mass is 345 g/mol. The van der Waals surface area contributed by atoms with Gasteiger partial charge < -0.3 is 5.11 Å². The Morgan fingerprint density at radius 2 is 2.00 bits per heavy atom. The molecule has 0 saturated heterocycles. The van der Waals surface area contributed by atoms with Crippen molar-refractivity contribution in [1.29, 1.82) is 0 Å². The predicted molar refractivity (Wildman–Crippen MR) is 85.7 cm³/mol. The van der Waals surface area contributed by atoms with Crippen LogP contribution in [0.3, 0.4) is 0 Å². The van der Waals surface area contributed by atoms with Gasteiger partial charge in [0.15, 0.2) is 5.52 Å². The Labute approximate surface area is 138 Å². The minimum atomic E-state index is -3.85. The quantitative estimate of drug-likeness (QED) is 0.773. The first-order valence-electron chi connectivity index (χ1n) is 7.54. The van der Waals surface area contributed by atoms with Crippen molar-refractivity contribution in [3.05, 3.63) is 53.6 Å². The van der Waals surface area contributed by atoms with E-state index < -0.39 is 16.1 Å². The van der Waals surface area contributed by atoms with Gasteiger partial charge in [-0.2, -0.15) is 4.31 Å². The van der Waals surface area contributed by atoms with Crippen molar-refractivity contribution in [1.82, 2.24) is 14.6 Å². The van der Waals surface area contributed by atoms with Gasteiger partial charge in [0.2, 0.25) is 10.0 Å².